The van der Waals surface area contributed by atoms with Gasteiger partial charge in [-0.3, -0.25) is 14.5 Å². The monoisotopic (exact) mass is 564 g/mol. The maximum atomic E-state index is 13.7. The number of Topliss-reactive ketones (excluding diaryl/α,β-unsaturated/α-hetero) is 1. The van der Waals surface area contributed by atoms with E-state index in [2.05, 4.69) is 15.2 Å². The standard InChI is InChI=1S/C27H24N4O4S3/c1-4-35-19-12-10-18(11-13-19)21-20(22(32)24-15(2)28-16(3)37-24)23(33)25(34)31(21)26-29-30-27(38-26)36-14-17-8-6-5-7-9-17/h5-13,21,33H,4,14H2,1-3H3. The summed E-state index contributed by atoms with van der Waals surface area (Å²) in [5.41, 5.74) is 2.34. The van der Waals surface area contributed by atoms with Gasteiger partial charge in [-0.25, -0.2) is 4.98 Å². The second kappa shape index (κ2) is 11.1. The quantitative estimate of drug-likeness (QED) is 0.148. The zero-order chi connectivity index (χ0) is 26.8. The van der Waals surface area contributed by atoms with Gasteiger partial charge in [-0.15, -0.1) is 21.5 Å². The number of anilines is 1. The van der Waals surface area contributed by atoms with E-state index >= 15 is 0 Å². The number of ketones is 1. The highest BCUT2D eigenvalue weighted by atomic mass is 32.2. The fourth-order valence-electron chi connectivity index (χ4n) is 4.20. The van der Waals surface area contributed by atoms with Crippen molar-refractivity contribution in [2.24, 2.45) is 0 Å². The average molecular weight is 565 g/mol. The molecule has 0 saturated heterocycles. The van der Waals surface area contributed by atoms with E-state index < -0.39 is 23.5 Å². The van der Waals surface area contributed by atoms with E-state index in [1.807, 2.05) is 44.2 Å². The molecule has 1 amide bonds. The van der Waals surface area contributed by atoms with Crippen LogP contribution in [0.5, 0.6) is 5.75 Å². The summed E-state index contributed by atoms with van der Waals surface area (Å²) in [6.45, 7) is 5.96. The number of thiazole rings is 1. The van der Waals surface area contributed by atoms with E-state index in [-0.39, 0.29) is 5.57 Å². The van der Waals surface area contributed by atoms with E-state index in [1.165, 1.54) is 39.3 Å². The molecule has 2 aromatic heterocycles. The lowest BCUT2D eigenvalue weighted by atomic mass is 9.95. The fourth-order valence-corrected chi connectivity index (χ4v) is 6.90. The molecule has 0 radical (unpaired) electrons. The minimum atomic E-state index is -0.882. The number of aryl methyl sites for hydroxylation is 2. The van der Waals surface area contributed by atoms with Gasteiger partial charge in [0.1, 0.15) is 5.75 Å². The molecule has 194 valence electrons. The second-order valence-electron chi connectivity index (χ2n) is 8.44. The molecule has 1 unspecified atom stereocenters. The molecule has 38 heavy (non-hydrogen) atoms. The molecule has 1 aliphatic heterocycles. The van der Waals surface area contributed by atoms with Gasteiger partial charge in [0.2, 0.25) is 10.9 Å². The molecule has 0 spiro atoms. The average Bonchev–Trinajstić information content (AvgIpc) is 3.59. The van der Waals surface area contributed by atoms with Crippen molar-refractivity contribution in [1.29, 1.82) is 0 Å². The van der Waals surface area contributed by atoms with Crippen molar-refractivity contribution < 1.29 is 19.4 Å². The smallest absolute Gasteiger partial charge is 0.296 e. The summed E-state index contributed by atoms with van der Waals surface area (Å²) in [7, 11) is 0. The summed E-state index contributed by atoms with van der Waals surface area (Å²) in [5.74, 6) is -0.348. The molecule has 0 aliphatic carbocycles. The first-order valence-corrected chi connectivity index (χ1v) is 14.5. The van der Waals surface area contributed by atoms with Crippen LogP contribution in [0.15, 0.2) is 70.3 Å². The molecular weight excluding hydrogens is 541 g/mol. The van der Waals surface area contributed by atoms with Gasteiger partial charge in [-0.2, -0.15) is 0 Å². The number of thioether (sulfide) groups is 1. The highest BCUT2D eigenvalue weighted by Crippen LogP contribution is 2.44. The van der Waals surface area contributed by atoms with E-state index in [4.69, 9.17) is 4.74 Å². The molecule has 4 aromatic rings. The predicted molar refractivity (Wildman–Crippen MR) is 149 cm³/mol. The Labute approximate surface area is 232 Å². The third-order valence-electron chi connectivity index (χ3n) is 5.88. The SMILES string of the molecule is CCOc1ccc(C2C(C(=O)c3sc(C)nc3C)=C(O)C(=O)N2c2nnc(SCc3ccccc3)s2)cc1. The van der Waals surface area contributed by atoms with E-state index in [0.29, 0.717) is 43.7 Å². The lowest BCUT2D eigenvalue weighted by molar-refractivity contribution is -0.117. The highest BCUT2D eigenvalue weighted by Gasteiger charge is 2.46. The topological polar surface area (TPSA) is 106 Å². The largest absolute Gasteiger partial charge is 0.503 e. The lowest BCUT2D eigenvalue weighted by Gasteiger charge is -2.24. The zero-order valence-corrected chi connectivity index (χ0v) is 23.3. The Balaban J connectivity index is 1.52. The van der Waals surface area contributed by atoms with Crippen LogP contribution in [0.2, 0.25) is 0 Å². The zero-order valence-electron chi connectivity index (χ0n) is 20.9. The number of aliphatic hydroxyl groups is 1. The molecule has 0 bridgehead atoms. The van der Waals surface area contributed by atoms with Crippen LogP contribution in [-0.4, -0.2) is 38.6 Å². The van der Waals surface area contributed by atoms with E-state index in [9.17, 15) is 14.7 Å². The normalized spacial score (nSPS) is 15.4. The molecule has 1 atom stereocenters. The number of amides is 1. The van der Waals surface area contributed by atoms with E-state index in [1.54, 1.807) is 31.2 Å². The first-order valence-electron chi connectivity index (χ1n) is 11.9. The summed E-state index contributed by atoms with van der Waals surface area (Å²) in [6.07, 6.45) is 0. The summed E-state index contributed by atoms with van der Waals surface area (Å²) in [6, 6.07) is 16.2. The molecule has 1 aliphatic rings. The van der Waals surface area contributed by atoms with Crippen LogP contribution in [0, 0.1) is 13.8 Å². The number of carbonyl (C=O) groups is 2. The molecular formula is C27H24N4O4S3. The maximum Gasteiger partial charge on any atom is 0.296 e. The van der Waals surface area contributed by atoms with Gasteiger partial charge in [-0.1, -0.05) is 65.6 Å². The number of benzene rings is 2. The Morgan fingerprint density at radius 3 is 2.47 bits per heavy atom. The van der Waals surface area contributed by atoms with Gasteiger partial charge in [-0.05, 0) is 44.0 Å². The van der Waals surface area contributed by atoms with Crippen molar-refractivity contribution in [3.63, 3.8) is 0 Å². The first kappa shape index (κ1) is 26.1. The van der Waals surface area contributed by atoms with Crippen molar-refractivity contribution in [2.45, 2.75) is 36.9 Å². The van der Waals surface area contributed by atoms with Gasteiger partial charge >= 0.3 is 0 Å². The lowest BCUT2D eigenvalue weighted by Crippen LogP contribution is -2.31. The number of carbonyl (C=O) groups excluding carboxylic acids is 2. The van der Waals surface area contributed by atoms with Crippen molar-refractivity contribution >= 4 is 51.3 Å². The summed E-state index contributed by atoms with van der Waals surface area (Å²) in [4.78, 5) is 33.3. The number of rotatable bonds is 9. The molecule has 11 heteroatoms. The fraction of sp³-hybridized carbons (Fsp3) is 0.222. The highest BCUT2D eigenvalue weighted by molar-refractivity contribution is 8.00. The third kappa shape index (κ3) is 5.09. The van der Waals surface area contributed by atoms with Crippen molar-refractivity contribution in [2.75, 3.05) is 11.5 Å². The Morgan fingerprint density at radius 2 is 1.82 bits per heavy atom. The molecule has 0 fully saturated rings. The number of aliphatic hydroxyl groups excluding tert-OH is 1. The number of nitrogens with zero attached hydrogens (tertiary/aromatic N) is 4. The molecule has 8 nitrogen and oxygen atoms in total. The number of hydrogen-bond donors (Lipinski definition) is 1. The Bertz CT molecular complexity index is 1510. The molecule has 3 heterocycles. The number of aromatic nitrogens is 3. The Hall–Kier alpha value is -3.54. The van der Waals surface area contributed by atoms with Crippen LogP contribution in [0.3, 0.4) is 0 Å². The Morgan fingerprint density at radius 1 is 1.08 bits per heavy atom. The molecule has 1 N–H and O–H groups in total. The van der Waals surface area contributed by atoms with Crippen molar-refractivity contribution in [3.05, 3.63) is 92.6 Å². The first-order chi connectivity index (χ1) is 18.4. The van der Waals surface area contributed by atoms with Crippen LogP contribution >= 0.6 is 34.4 Å². The molecule has 5 rings (SSSR count). The van der Waals surface area contributed by atoms with Gasteiger partial charge in [0.15, 0.2) is 10.1 Å². The number of ether oxygens (including phenoxy) is 1. The summed E-state index contributed by atoms with van der Waals surface area (Å²) < 4.78 is 6.24. The van der Waals surface area contributed by atoms with Crippen LogP contribution in [0.1, 0.15) is 44.5 Å². The predicted octanol–water partition coefficient (Wildman–Crippen LogP) is 6.09. The van der Waals surface area contributed by atoms with Crippen molar-refractivity contribution in [1.82, 2.24) is 15.2 Å². The van der Waals surface area contributed by atoms with Crippen LogP contribution in [0.25, 0.3) is 0 Å². The third-order valence-corrected chi connectivity index (χ3v) is 9.08. The van der Waals surface area contributed by atoms with Crippen LogP contribution in [-0.2, 0) is 10.5 Å². The van der Waals surface area contributed by atoms with Crippen molar-refractivity contribution in [3.8, 4) is 5.75 Å². The Kier molecular flexibility index (Phi) is 7.59. The second-order valence-corrected chi connectivity index (χ2v) is 11.8. The minimum Gasteiger partial charge on any atom is -0.503 e. The maximum absolute atomic E-state index is 13.7. The van der Waals surface area contributed by atoms with Gasteiger partial charge in [0.25, 0.3) is 5.91 Å². The summed E-state index contributed by atoms with van der Waals surface area (Å²) in [5, 5.41) is 20.6. The number of hydrogen-bond acceptors (Lipinski definition) is 10. The minimum absolute atomic E-state index is 0.000372. The van der Waals surface area contributed by atoms with Crippen LogP contribution < -0.4 is 9.64 Å². The molecule has 0 saturated carbocycles. The molecule has 2 aromatic carbocycles. The van der Waals surface area contributed by atoms with Gasteiger partial charge in [0.05, 0.1) is 33.8 Å². The summed E-state index contributed by atoms with van der Waals surface area (Å²) >= 11 is 3.99. The van der Waals surface area contributed by atoms with Gasteiger partial charge < -0.3 is 9.84 Å². The van der Waals surface area contributed by atoms with Gasteiger partial charge in [0, 0.05) is 5.75 Å². The van der Waals surface area contributed by atoms with E-state index in [0.717, 1.165) is 10.6 Å². The van der Waals surface area contributed by atoms with Crippen LogP contribution in [0.4, 0.5) is 5.13 Å².